The highest BCUT2D eigenvalue weighted by Gasteiger charge is 2.33. The molecule has 1 unspecified atom stereocenters. The number of likely N-dealkylation sites (N-methyl/N-ethyl adjacent to an activating group) is 1. The molecule has 2 aliphatic heterocycles. The number of likely N-dealkylation sites (tertiary alicyclic amines) is 1. The van der Waals surface area contributed by atoms with Crippen LogP contribution in [-0.4, -0.2) is 55.1 Å². The van der Waals surface area contributed by atoms with Crippen LogP contribution in [0.25, 0.3) is 0 Å². The normalized spacial score (nSPS) is 22.6. The highest BCUT2D eigenvalue weighted by Crippen LogP contribution is 2.23. The van der Waals surface area contributed by atoms with Crippen LogP contribution in [0.1, 0.15) is 31.2 Å². The van der Waals surface area contributed by atoms with E-state index in [1.807, 2.05) is 7.05 Å². The number of piperidine rings is 1. The van der Waals surface area contributed by atoms with Crippen LogP contribution in [0.15, 0.2) is 18.2 Å². The third-order valence-electron chi connectivity index (χ3n) is 5.30. The van der Waals surface area contributed by atoms with Gasteiger partial charge in [0.25, 0.3) is 0 Å². The van der Waals surface area contributed by atoms with Crippen LogP contribution in [0, 0.1) is 17.6 Å². The number of carbonyl (C=O) groups is 1. The van der Waals surface area contributed by atoms with Gasteiger partial charge in [0, 0.05) is 44.5 Å². The molecule has 0 saturated carbocycles. The molecule has 2 saturated heterocycles. The van der Waals surface area contributed by atoms with Gasteiger partial charge in [0.05, 0.1) is 6.04 Å². The molecular weight excluding hydrogens is 326 g/mol. The summed E-state index contributed by atoms with van der Waals surface area (Å²) in [5.74, 6) is -0.577. The van der Waals surface area contributed by atoms with E-state index in [1.165, 1.54) is 12.1 Å². The average molecular weight is 352 g/mol. The van der Waals surface area contributed by atoms with E-state index in [4.69, 9.17) is 4.74 Å². The molecule has 25 heavy (non-hydrogen) atoms. The molecule has 1 aromatic carbocycles. The van der Waals surface area contributed by atoms with Gasteiger partial charge in [-0.05, 0) is 44.7 Å². The summed E-state index contributed by atoms with van der Waals surface area (Å²) in [6.45, 7) is 3.31. The van der Waals surface area contributed by atoms with E-state index in [0.29, 0.717) is 18.0 Å². The van der Waals surface area contributed by atoms with E-state index in [-0.39, 0.29) is 18.5 Å². The van der Waals surface area contributed by atoms with Gasteiger partial charge in [0.15, 0.2) is 0 Å². The number of benzene rings is 1. The molecule has 3 rings (SSSR count). The highest BCUT2D eigenvalue weighted by atomic mass is 19.1. The van der Waals surface area contributed by atoms with Crippen LogP contribution in [0.3, 0.4) is 0 Å². The van der Waals surface area contributed by atoms with Crippen LogP contribution in [0.4, 0.5) is 8.78 Å². The monoisotopic (exact) mass is 352 g/mol. The van der Waals surface area contributed by atoms with Crippen molar-refractivity contribution in [1.29, 1.82) is 0 Å². The van der Waals surface area contributed by atoms with Crippen molar-refractivity contribution in [2.75, 3.05) is 33.4 Å². The fraction of sp³-hybridized carbons (Fsp3) is 0.632. The van der Waals surface area contributed by atoms with Crippen LogP contribution in [0.2, 0.25) is 0 Å². The van der Waals surface area contributed by atoms with Gasteiger partial charge in [0.2, 0.25) is 5.91 Å². The molecule has 0 spiro atoms. The second kappa shape index (κ2) is 8.23. The third-order valence-corrected chi connectivity index (χ3v) is 5.30. The number of rotatable bonds is 5. The van der Waals surface area contributed by atoms with Crippen molar-refractivity contribution in [3.05, 3.63) is 35.4 Å². The number of hydrogen-bond acceptors (Lipinski definition) is 3. The fourth-order valence-corrected chi connectivity index (χ4v) is 3.80. The average Bonchev–Trinajstić information content (AvgIpc) is 2.59. The molecule has 2 fully saturated rings. The first-order valence-corrected chi connectivity index (χ1v) is 9.05. The highest BCUT2D eigenvalue weighted by molar-refractivity contribution is 5.82. The predicted octanol–water partition coefficient (Wildman–Crippen LogP) is 2.81. The molecule has 1 atom stereocenters. The minimum absolute atomic E-state index is 0.0459. The minimum Gasteiger partial charge on any atom is -0.381 e. The standard InChI is InChI=1S/C19H26F2N2O2/c1-22(12-14-6-9-25-10-7-14)18-3-2-8-23(19(18)24)13-15-4-5-16(20)11-17(15)21/h4-5,11,14,18H,2-3,6-10,12-13H2,1H3. The predicted molar refractivity (Wildman–Crippen MR) is 91.0 cm³/mol. The van der Waals surface area contributed by atoms with Crippen molar-refractivity contribution in [3.63, 3.8) is 0 Å². The largest absolute Gasteiger partial charge is 0.381 e. The Hall–Kier alpha value is -1.53. The second-order valence-electron chi connectivity index (χ2n) is 7.15. The molecule has 0 bridgehead atoms. The summed E-state index contributed by atoms with van der Waals surface area (Å²) in [5.41, 5.74) is 0.363. The Morgan fingerprint density at radius 1 is 1.24 bits per heavy atom. The minimum atomic E-state index is -0.597. The van der Waals surface area contributed by atoms with Gasteiger partial charge in [0.1, 0.15) is 11.6 Å². The molecule has 1 amide bonds. The SMILES string of the molecule is CN(CC1CCOCC1)C1CCCN(Cc2ccc(F)cc2F)C1=O. The Kier molecular flexibility index (Phi) is 6.02. The summed E-state index contributed by atoms with van der Waals surface area (Å²) in [4.78, 5) is 16.7. The summed E-state index contributed by atoms with van der Waals surface area (Å²) in [7, 11) is 2.00. The smallest absolute Gasteiger partial charge is 0.240 e. The molecule has 0 radical (unpaired) electrons. The molecule has 2 heterocycles. The molecule has 1 aromatic rings. The van der Waals surface area contributed by atoms with Crippen molar-refractivity contribution < 1.29 is 18.3 Å². The lowest BCUT2D eigenvalue weighted by Gasteiger charge is -2.38. The maximum atomic E-state index is 13.9. The first-order valence-electron chi connectivity index (χ1n) is 9.05. The van der Waals surface area contributed by atoms with Crippen molar-refractivity contribution in [3.8, 4) is 0 Å². The van der Waals surface area contributed by atoms with Crippen LogP contribution in [-0.2, 0) is 16.1 Å². The van der Waals surface area contributed by atoms with Gasteiger partial charge in [-0.2, -0.15) is 0 Å². The van der Waals surface area contributed by atoms with E-state index in [1.54, 1.807) is 4.90 Å². The van der Waals surface area contributed by atoms with Crippen LogP contribution >= 0.6 is 0 Å². The zero-order valence-electron chi connectivity index (χ0n) is 14.7. The van der Waals surface area contributed by atoms with Gasteiger partial charge in [-0.3, -0.25) is 9.69 Å². The molecule has 0 N–H and O–H groups in total. The molecule has 2 aliphatic rings. The summed E-state index contributed by atoms with van der Waals surface area (Å²) in [5, 5.41) is 0. The number of nitrogens with zero attached hydrogens (tertiary/aromatic N) is 2. The van der Waals surface area contributed by atoms with E-state index >= 15 is 0 Å². The van der Waals surface area contributed by atoms with Crippen LogP contribution < -0.4 is 0 Å². The molecule has 6 heteroatoms. The number of carbonyl (C=O) groups excluding carboxylic acids is 1. The molecule has 4 nitrogen and oxygen atoms in total. The Morgan fingerprint density at radius 2 is 2.00 bits per heavy atom. The molecule has 0 aromatic heterocycles. The Labute approximate surface area is 147 Å². The van der Waals surface area contributed by atoms with E-state index < -0.39 is 11.6 Å². The Morgan fingerprint density at radius 3 is 2.72 bits per heavy atom. The quantitative estimate of drug-likeness (QED) is 0.817. The second-order valence-corrected chi connectivity index (χ2v) is 7.15. The molecule has 138 valence electrons. The fourth-order valence-electron chi connectivity index (χ4n) is 3.80. The first kappa shape index (κ1) is 18.3. The summed E-state index contributed by atoms with van der Waals surface area (Å²) in [6.07, 6.45) is 3.81. The van der Waals surface area contributed by atoms with Crippen molar-refractivity contribution in [2.24, 2.45) is 5.92 Å². The van der Waals surface area contributed by atoms with E-state index in [9.17, 15) is 13.6 Å². The third kappa shape index (κ3) is 4.55. The maximum Gasteiger partial charge on any atom is 0.240 e. The molecule has 0 aliphatic carbocycles. The maximum absolute atomic E-state index is 13.9. The molecular formula is C19H26F2N2O2. The van der Waals surface area contributed by atoms with Gasteiger partial charge in [-0.15, -0.1) is 0 Å². The van der Waals surface area contributed by atoms with Crippen LogP contribution in [0.5, 0.6) is 0 Å². The van der Waals surface area contributed by atoms with Gasteiger partial charge in [-0.1, -0.05) is 6.07 Å². The summed E-state index contributed by atoms with van der Waals surface area (Å²) in [6, 6.07) is 3.38. The lowest BCUT2D eigenvalue weighted by molar-refractivity contribution is -0.140. The summed E-state index contributed by atoms with van der Waals surface area (Å²) < 4.78 is 32.3. The van der Waals surface area contributed by atoms with Crippen molar-refractivity contribution in [1.82, 2.24) is 9.80 Å². The number of hydrogen-bond donors (Lipinski definition) is 0. The van der Waals surface area contributed by atoms with Crippen molar-refractivity contribution in [2.45, 2.75) is 38.3 Å². The Balaban J connectivity index is 1.61. The van der Waals surface area contributed by atoms with E-state index in [0.717, 1.165) is 51.5 Å². The first-order chi connectivity index (χ1) is 12.0. The lowest BCUT2D eigenvalue weighted by Crippen LogP contribution is -2.52. The van der Waals surface area contributed by atoms with Gasteiger partial charge < -0.3 is 9.64 Å². The number of halogens is 2. The number of amides is 1. The van der Waals surface area contributed by atoms with E-state index in [2.05, 4.69) is 4.90 Å². The van der Waals surface area contributed by atoms with Crippen molar-refractivity contribution >= 4 is 5.91 Å². The Bertz CT molecular complexity index is 605. The summed E-state index contributed by atoms with van der Waals surface area (Å²) >= 11 is 0. The lowest BCUT2D eigenvalue weighted by atomic mass is 9.97. The van der Waals surface area contributed by atoms with Gasteiger partial charge >= 0.3 is 0 Å². The zero-order valence-corrected chi connectivity index (χ0v) is 14.7. The van der Waals surface area contributed by atoms with Gasteiger partial charge in [-0.25, -0.2) is 8.78 Å². The zero-order chi connectivity index (χ0) is 17.8. The number of ether oxygens (including phenoxy) is 1. The topological polar surface area (TPSA) is 32.8 Å².